The summed E-state index contributed by atoms with van der Waals surface area (Å²) < 4.78 is 7.24. The lowest BCUT2D eigenvalue weighted by Gasteiger charge is -2.26. The van der Waals surface area contributed by atoms with Gasteiger partial charge in [0.2, 0.25) is 0 Å². The minimum atomic E-state index is -0.177. The van der Waals surface area contributed by atoms with Crippen molar-refractivity contribution in [2.24, 2.45) is 0 Å². The summed E-state index contributed by atoms with van der Waals surface area (Å²) in [4.78, 5) is 36.5. The predicted octanol–water partition coefficient (Wildman–Crippen LogP) is 4.86. The Balaban J connectivity index is 1.24. The summed E-state index contributed by atoms with van der Waals surface area (Å²) in [5, 5.41) is 6.30. The number of nitrogens with zero attached hydrogens (tertiary/aromatic N) is 4. The van der Waals surface area contributed by atoms with E-state index in [2.05, 4.69) is 15.6 Å². The topological polar surface area (TPSA) is 101 Å². The number of hydrogen-bond donors (Lipinski definition) is 2. The number of ether oxygens (including phenoxy) is 1. The molecule has 1 aliphatic heterocycles. The van der Waals surface area contributed by atoms with Crippen molar-refractivity contribution in [1.29, 1.82) is 0 Å². The summed E-state index contributed by atoms with van der Waals surface area (Å²) in [6.45, 7) is 2.33. The van der Waals surface area contributed by atoms with Crippen LogP contribution in [0.15, 0.2) is 97.5 Å². The quantitative estimate of drug-likeness (QED) is 0.333. The van der Waals surface area contributed by atoms with Crippen molar-refractivity contribution in [1.82, 2.24) is 19.3 Å². The molecule has 0 spiro atoms. The molecule has 0 radical (unpaired) electrons. The number of carbonyl (C=O) groups excluding carboxylic acids is 2. The van der Waals surface area contributed by atoms with E-state index in [1.54, 1.807) is 23.2 Å². The first kappa shape index (κ1) is 24.3. The van der Waals surface area contributed by atoms with Crippen LogP contribution in [0.1, 0.15) is 20.7 Å². The molecule has 0 saturated carbocycles. The van der Waals surface area contributed by atoms with Gasteiger partial charge in [-0.3, -0.25) is 9.59 Å². The monoisotopic (exact) mass is 518 g/mol. The van der Waals surface area contributed by atoms with Gasteiger partial charge in [-0.25, -0.2) is 9.97 Å². The van der Waals surface area contributed by atoms with Crippen LogP contribution in [0.4, 0.5) is 17.2 Å². The van der Waals surface area contributed by atoms with Gasteiger partial charge in [-0.2, -0.15) is 0 Å². The molecule has 0 bridgehead atoms. The van der Waals surface area contributed by atoms with Gasteiger partial charge in [0.05, 0.1) is 18.9 Å². The van der Waals surface area contributed by atoms with Crippen molar-refractivity contribution in [3.05, 3.63) is 109 Å². The third-order valence-corrected chi connectivity index (χ3v) is 6.52. The minimum absolute atomic E-state index is 0.000133. The van der Waals surface area contributed by atoms with Crippen LogP contribution in [-0.2, 0) is 4.74 Å². The average molecular weight is 519 g/mol. The van der Waals surface area contributed by atoms with Crippen LogP contribution in [0.5, 0.6) is 0 Å². The van der Waals surface area contributed by atoms with Gasteiger partial charge < -0.3 is 24.7 Å². The van der Waals surface area contributed by atoms with Gasteiger partial charge in [0.25, 0.3) is 11.8 Å². The summed E-state index contributed by atoms with van der Waals surface area (Å²) in [5.41, 5.74) is 4.88. The average Bonchev–Trinajstić information content (AvgIpc) is 3.48. The number of imidazole rings is 1. The fourth-order valence-corrected chi connectivity index (χ4v) is 4.49. The van der Waals surface area contributed by atoms with Crippen LogP contribution >= 0.6 is 0 Å². The number of fused-ring (bicyclic) bond motifs is 1. The van der Waals surface area contributed by atoms with Crippen LogP contribution < -0.4 is 10.6 Å². The lowest BCUT2D eigenvalue weighted by Crippen LogP contribution is -2.40. The van der Waals surface area contributed by atoms with Crippen molar-refractivity contribution in [3.8, 4) is 11.3 Å². The molecule has 1 aliphatic rings. The molecule has 9 nitrogen and oxygen atoms in total. The van der Waals surface area contributed by atoms with Crippen molar-refractivity contribution in [2.75, 3.05) is 36.9 Å². The maximum absolute atomic E-state index is 12.8. The lowest BCUT2D eigenvalue weighted by atomic mass is 10.1. The van der Waals surface area contributed by atoms with Crippen molar-refractivity contribution in [3.63, 3.8) is 0 Å². The van der Waals surface area contributed by atoms with Crippen LogP contribution in [-0.4, -0.2) is 57.4 Å². The molecule has 3 heterocycles. The van der Waals surface area contributed by atoms with E-state index in [1.165, 1.54) is 0 Å². The number of rotatable bonds is 6. The van der Waals surface area contributed by atoms with E-state index in [0.717, 1.165) is 11.3 Å². The van der Waals surface area contributed by atoms with Gasteiger partial charge in [-0.15, -0.1) is 0 Å². The molecule has 9 heteroatoms. The zero-order valence-corrected chi connectivity index (χ0v) is 21.1. The number of hydrogen-bond acceptors (Lipinski definition) is 6. The van der Waals surface area contributed by atoms with Gasteiger partial charge in [0.1, 0.15) is 0 Å². The summed E-state index contributed by atoms with van der Waals surface area (Å²) in [6.07, 6.45) is 5.47. The van der Waals surface area contributed by atoms with E-state index in [-0.39, 0.29) is 11.8 Å². The van der Waals surface area contributed by atoms with Gasteiger partial charge >= 0.3 is 0 Å². The Labute approximate surface area is 225 Å². The van der Waals surface area contributed by atoms with Crippen molar-refractivity contribution in [2.45, 2.75) is 0 Å². The van der Waals surface area contributed by atoms with Gasteiger partial charge in [-0.1, -0.05) is 30.3 Å². The molecular formula is C30H26N6O3. The molecule has 194 valence electrons. The Kier molecular flexibility index (Phi) is 6.71. The Bertz CT molecular complexity index is 1630. The molecule has 2 amide bonds. The molecule has 1 fully saturated rings. The number of nitrogens with one attached hydrogen (secondary N) is 2. The van der Waals surface area contributed by atoms with Crippen molar-refractivity contribution >= 4 is 34.7 Å². The summed E-state index contributed by atoms with van der Waals surface area (Å²) >= 11 is 0. The van der Waals surface area contributed by atoms with Gasteiger partial charge in [0.15, 0.2) is 11.5 Å². The Morgan fingerprint density at radius 1 is 0.846 bits per heavy atom. The van der Waals surface area contributed by atoms with E-state index < -0.39 is 0 Å². The fourth-order valence-electron chi connectivity index (χ4n) is 4.49. The molecule has 1 saturated heterocycles. The normalized spacial score (nSPS) is 13.3. The van der Waals surface area contributed by atoms with Crippen LogP contribution in [0, 0.1) is 0 Å². The first-order chi connectivity index (χ1) is 19.1. The van der Waals surface area contributed by atoms with E-state index in [4.69, 9.17) is 9.72 Å². The SMILES string of the molecule is O=C(Nc1cccc(-c2cn3ccnc3c(Nc3ccc(C(=O)N4CCOCC4)cc3)n2)c1)c1ccccc1. The number of benzene rings is 3. The largest absolute Gasteiger partial charge is 0.378 e. The van der Waals surface area contributed by atoms with Crippen LogP contribution in [0.3, 0.4) is 0 Å². The standard InChI is InChI=1S/C30H26N6O3/c37-29(21-5-2-1-3-6-21)33-25-8-4-7-23(19-25)26-20-36-14-13-31-28(36)27(34-26)32-24-11-9-22(10-12-24)30(38)35-15-17-39-18-16-35/h1-14,19-20H,15-18H2,(H,32,34)(H,33,37). The second kappa shape index (κ2) is 10.8. The van der Waals surface area contributed by atoms with Crippen LogP contribution in [0.2, 0.25) is 0 Å². The molecule has 0 unspecified atom stereocenters. The maximum atomic E-state index is 12.8. The number of amides is 2. The highest BCUT2D eigenvalue weighted by Gasteiger charge is 2.18. The number of morpholine rings is 1. The number of aromatic nitrogens is 3. The highest BCUT2D eigenvalue weighted by Crippen LogP contribution is 2.27. The number of anilines is 3. The van der Waals surface area contributed by atoms with Crippen molar-refractivity contribution < 1.29 is 14.3 Å². The van der Waals surface area contributed by atoms with E-state index in [9.17, 15) is 9.59 Å². The summed E-state index contributed by atoms with van der Waals surface area (Å²) in [6, 6.07) is 24.0. The lowest BCUT2D eigenvalue weighted by molar-refractivity contribution is 0.0303. The Morgan fingerprint density at radius 3 is 2.44 bits per heavy atom. The van der Waals surface area contributed by atoms with E-state index >= 15 is 0 Å². The first-order valence-corrected chi connectivity index (χ1v) is 12.7. The predicted molar refractivity (Wildman–Crippen MR) is 149 cm³/mol. The summed E-state index contributed by atoms with van der Waals surface area (Å²) in [7, 11) is 0. The Hall–Kier alpha value is -5.02. The zero-order valence-electron chi connectivity index (χ0n) is 21.1. The van der Waals surface area contributed by atoms with E-state index in [1.807, 2.05) is 83.5 Å². The third-order valence-electron chi connectivity index (χ3n) is 6.52. The number of carbonyl (C=O) groups is 2. The van der Waals surface area contributed by atoms with Gasteiger partial charge in [-0.05, 0) is 48.5 Å². The molecular weight excluding hydrogens is 492 g/mol. The first-order valence-electron chi connectivity index (χ1n) is 12.7. The molecule has 2 N–H and O–H groups in total. The highest BCUT2D eigenvalue weighted by atomic mass is 16.5. The van der Waals surface area contributed by atoms with Gasteiger partial charge in [0, 0.05) is 59.7 Å². The molecule has 5 aromatic rings. The fraction of sp³-hybridized carbons (Fsp3) is 0.133. The van der Waals surface area contributed by atoms with Crippen LogP contribution in [0.25, 0.3) is 16.9 Å². The molecule has 0 aliphatic carbocycles. The third kappa shape index (κ3) is 5.34. The maximum Gasteiger partial charge on any atom is 0.255 e. The second-order valence-electron chi connectivity index (χ2n) is 9.14. The molecule has 3 aromatic carbocycles. The second-order valence-corrected chi connectivity index (χ2v) is 9.14. The Morgan fingerprint density at radius 2 is 1.64 bits per heavy atom. The molecule has 2 aromatic heterocycles. The molecule has 39 heavy (non-hydrogen) atoms. The zero-order chi connectivity index (χ0) is 26.6. The smallest absolute Gasteiger partial charge is 0.255 e. The molecule has 6 rings (SSSR count). The molecule has 0 atom stereocenters. The van der Waals surface area contributed by atoms with E-state index in [0.29, 0.717) is 60.3 Å². The minimum Gasteiger partial charge on any atom is -0.378 e. The summed E-state index contributed by atoms with van der Waals surface area (Å²) in [5.74, 6) is 0.395. The highest BCUT2D eigenvalue weighted by molar-refractivity contribution is 6.04.